The van der Waals surface area contributed by atoms with Gasteiger partial charge in [0, 0.05) is 6.42 Å². The van der Waals surface area contributed by atoms with Crippen LogP contribution in [-0.2, 0) is 6.42 Å². The Morgan fingerprint density at radius 3 is 2.83 bits per heavy atom. The lowest BCUT2D eigenvalue weighted by molar-refractivity contribution is 0.0926. The lowest BCUT2D eigenvalue weighted by Crippen LogP contribution is -2.27. The molecule has 2 aromatic heterocycles. The summed E-state index contributed by atoms with van der Waals surface area (Å²) in [4.78, 5) is 16.0. The Balaban J connectivity index is 2.05. The van der Waals surface area contributed by atoms with Crippen LogP contribution in [0.3, 0.4) is 0 Å². The van der Waals surface area contributed by atoms with Gasteiger partial charge in [0.1, 0.15) is 6.04 Å². The van der Waals surface area contributed by atoms with Crippen molar-refractivity contribution in [1.29, 1.82) is 0 Å². The summed E-state index contributed by atoms with van der Waals surface area (Å²) in [7, 11) is 0. The highest BCUT2D eigenvalue weighted by molar-refractivity contribution is 5.93. The van der Waals surface area contributed by atoms with Crippen LogP contribution in [0.5, 0.6) is 0 Å². The third-order valence-electron chi connectivity index (χ3n) is 2.46. The first-order chi connectivity index (χ1) is 8.61. The third-order valence-corrected chi connectivity index (χ3v) is 2.46. The van der Waals surface area contributed by atoms with Crippen molar-refractivity contribution < 1.29 is 9.32 Å². The highest BCUT2D eigenvalue weighted by Crippen LogP contribution is 2.11. The second-order valence-corrected chi connectivity index (χ2v) is 3.86. The van der Waals surface area contributed by atoms with Crippen molar-refractivity contribution in [2.45, 2.75) is 33.2 Å². The number of carbonyl (C=O) groups is 1. The summed E-state index contributed by atoms with van der Waals surface area (Å²) in [6.45, 7) is 5.39. The van der Waals surface area contributed by atoms with E-state index >= 15 is 0 Å². The van der Waals surface area contributed by atoms with Gasteiger partial charge in [0.2, 0.25) is 5.89 Å². The molecule has 0 spiro atoms. The Kier molecular flexibility index (Phi) is 3.35. The summed E-state index contributed by atoms with van der Waals surface area (Å²) in [5, 5.41) is 16.4. The maximum Gasteiger partial charge on any atom is 0.274 e. The highest BCUT2D eigenvalue weighted by atomic mass is 16.5. The number of aromatic nitrogens is 5. The van der Waals surface area contributed by atoms with Crippen molar-refractivity contribution in [2.75, 3.05) is 0 Å². The lowest BCUT2D eigenvalue weighted by atomic mass is 10.3. The summed E-state index contributed by atoms with van der Waals surface area (Å²) in [6.07, 6.45) is 0.687. The number of H-pyrrole nitrogens is 1. The first-order valence-corrected chi connectivity index (χ1v) is 5.62. The normalized spacial score (nSPS) is 12.4. The van der Waals surface area contributed by atoms with Gasteiger partial charge in [-0.2, -0.15) is 20.4 Å². The van der Waals surface area contributed by atoms with E-state index < -0.39 is 0 Å². The molecule has 0 saturated heterocycles. The molecule has 0 aliphatic carbocycles. The first kappa shape index (κ1) is 12.2. The molecule has 0 aliphatic heterocycles. The summed E-state index contributed by atoms with van der Waals surface area (Å²) in [6, 6.07) is -0.374. The number of aromatic amines is 1. The van der Waals surface area contributed by atoms with Gasteiger partial charge in [0.05, 0.1) is 5.69 Å². The highest BCUT2D eigenvalue weighted by Gasteiger charge is 2.20. The molecule has 18 heavy (non-hydrogen) atoms. The Labute approximate surface area is 103 Å². The van der Waals surface area contributed by atoms with Gasteiger partial charge in [-0.1, -0.05) is 12.1 Å². The van der Waals surface area contributed by atoms with Crippen LogP contribution in [0.15, 0.2) is 4.52 Å². The molecule has 8 heteroatoms. The molecule has 2 N–H and O–H groups in total. The molecule has 2 aromatic rings. The molecule has 2 heterocycles. The van der Waals surface area contributed by atoms with Gasteiger partial charge in [-0.15, -0.1) is 0 Å². The van der Waals surface area contributed by atoms with Gasteiger partial charge < -0.3 is 9.84 Å². The number of amides is 1. The predicted octanol–water partition coefficient (Wildman–Crippen LogP) is 0.550. The Morgan fingerprint density at radius 1 is 1.50 bits per heavy atom. The van der Waals surface area contributed by atoms with Gasteiger partial charge >= 0.3 is 0 Å². The fourth-order valence-corrected chi connectivity index (χ4v) is 1.41. The standard InChI is InChI=1S/C10H14N6O2/c1-4-7-12-10(18-15-7)6(3)11-9(17)8-5(2)13-16-14-8/h6H,4H2,1-3H3,(H,11,17)(H,13,14,16). The number of rotatable bonds is 4. The zero-order chi connectivity index (χ0) is 13.1. The molecule has 0 saturated carbocycles. The Bertz CT molecular complexity index is 546. The Hall–Kier alpha value is -2.25. The number of nitrogens with zero attached hydrogens (tertiary/aromatic N) is 4. The van der Waals surface area contributed by atoms with E-state index in [1.807, 2.05) is 6.92 Å². The molecule has 0 fully saturated rings. The fraction of sp³-hybridized carbons (Fsp3) is 0.500. The predicted molar refractivity (Wildman–Crippen MR) is 60.7 cm³/mol. The van der Waals surface area contributed by atoms with Crippen molar-refractivity contribution >= 4 is 5.91 Å². The van der Waals surface area contributed by atoms with Crippen LogP contribution in [0.25, 0.3) is 0 Å². The molecule has 0 radical (unpaired) electrons. The summed E-state index contributed by atoms with van der Waals surface area (Å²) in [5.74, 6) is 0.662. The summed E-state index contributed by atoms with van der Waals surface area (Å²) in [5.41, 5.74) is 0.802. The van der Waals surface area contributed by atoms with Crippen LogP contribution in [0.1, 0.15) is 47.8 Å². The van der Waals surface area contributed by atoms with Crippen LogP contribution in [0.4, 0.5) is 0 Å². The molecule has 1 atom stereocenters. The molecule has 1 unspecified atom stereocenters. The van der Waals surface area contributed by atoms with E-state index in [0.29, 0.717) is 23.8 Å². The van der Waals surface area contributed by atoms with Gasteiger partial charge in [-0.25, -0.2) is 0 Å². The first-order valence-electron chi connectivity index (χ1n) is 5.62. The van der Waals surface area contributed by atoms with Crippen LogP contribution in [0, 0.1) is 6.92 Å². The topological polar surface area (TPSA) is 110 Å². The van der Waals surface area contributed by atoms with Crippen molar-refractivity contribution in [3.05, 3.63) is 23.1 Å². The maximum absolute atomic E-state index is 11.9. The van der Waals surface area contributed by atoms with E-state index in [0.717, 1.165) is 0 Å². The van der Waals surface area contributed by atoms with Crippen molar-refractivity contribution in [2.24, 2.45) is 0 Å². The average Bonchev–Trinajstić information content (AvgIpc) is 2.96. The van der Waals surface area contributed by atoms with Crippen molar-refractivity contribution in [3.8, 4) is 0 Å². The smallest absolute Gasteiger partial charge is 0.274 e. The van der Waals surface area contributed by atoms with Gasteiger partial charge in [-0.05, 0) is 13.8 Å². The fourth-order valence-electron chi connectivity index (χ4n) is 1.41. The van der Waals surface area contributed by atoms with Gasteiger partial charge in [0.25, 0.3) is 5.91 Å². The molecule has 0 aliphatic rings. The van der Waals surface area contributed by atoms with E-state index in [4.69, 9.17) is 4.52 Å². The van der Waals surface area contributed by atoms with Crippen LogP contribution < -0.4 is 5.32 Å². The maximum atomic E-state index is 11.9. The van der Waals surface area contributed by atoms with Crippen LogP contribution in [0.2, 0.25) is 0 Å². The van der Waals surface area contributed by atoms with Crippen LogP contribution >= 0.6 is 0 Å². The molecule has 0 bridgehead atoms. The largest absolute Gasteiger partial charge is 0.339 e. The zero-order valence-electron chi connectivity index (χ0n) is 10.4. The number of hydrogen-bond acceptors (Lipinski definition) is 6. The minimum atomic E-state index is -0.374. The Morgan fingerprint density at radius 2 is 2.28 bits per heavy atom. The number of nitrogens with one attached hydrogen (secondary N) is 2. The summed E-state index contributed by atoms with van der Waals surface area (Å²) >= 11 is 0. The van der Waals surface area contributed by atoms with Gasteiger partial charge in [0.15, 0.2) is 11.5 Å². The van der Waals surface area contributed by atoms with E-state index in [-0.39, 0.29) is 17.6 Å². The van der Waals surface area contributed by atoms with Gasteiger partial charge in [-0.3, -0.25) is 4.79 Å². The monoisotopic (exact) mass is 250 g/mol. The van der Waals surface area contributed by atoms with Crippen LogP contribution in [-0.4, -0.2) is 31.5 Å². The molecule has 2 rings (SSSR count). The zero-order valence-corrected chi connectivity index (χ0v) is 10.4. The minimum Gasteiger partial charge on any atom is -0.339 e. The number of aryl methyl sites for hydroxylation is 2. The number of hydrogen-bond donors (Lipinski definition) is 2. The molecule has 8 nitrogen and oxygen atoms in total. The van der Waals surface area contributed by atoms with E-state index in [1.54, 1.807) is 13.8 Å². The van der Waals surface area contributed by atoms with Crippen molar-refractivity contribution in [3.63, 3.8) is 0 Å². The second kappa shape index (κ2) is 4.94. The van der Waals surface area contributed by atoms with E-state index in [2.05, 4.69) is 30.9 Å². The molecule has 96 valence electrons. The van der Waals surface area contributed by atoms with E-state index in [9.17, 15) is 4.79 Å². The summed E-state index contributed by atoms with van der Waals surface area (Å²) < 4.78 is 5.05. The second-order valence-electron chi connectivity index (χ2n) is 3.86. The molecule has 0 aromatic carbocycles. The average molecular weight is 250 g/mol. The lowest BCUT2D eigenvalue weighted by Gasteiger charge is -2.07. The quantitative estimate of drug-likeness (QED) is 0.820. The molecular weight excluding hydrogens is 236 g/mol. The van der Waals surface area contributed by atoms with Crippen molar-refractivity contribution in [1.82, 2.24) is 30.9 Å². The molecule has 1 amide bonds. The SMILES string of the molecule is CCc1noc(C(C)NC(=O)c2n[nH]nc2C)n1. The number of carbonyl (C=O) groups excluding carboxylic acids is 1. The molecular formula is C10H14N6O2. The minimum absolute atomic E-state index is 0.261. The van der Waals surface area contributed by atoms with E-state index in [1.165, 1.54) is 0 Å². The third kappa shape index (κ3) is 2.36.